The molecule has 0 radical (unpaired) electrons. The van der Waals surface area contributed by atoms with Crippen molar-refractivity contribution in [1.82, 2.24) is 0 Å². The summed E-state index contributed by atoms with van der Waals surface area (Å²) in [6, 6.07) is 0. The van der Waals surface area contributed by atoms with Gasteiger partial charge in [-0.15, -0.1) is 0 Å². The molecule has 0 aliphatic carbocycles. The van der Waals surface area contributed by atoms with Crippen LogP contribution in [-0.4, -0.2) is 34.9 Å². The SMILES string of the molecule is CCCCCCCC/C=C\CCCCCCCCCCCC(=O)OC(CCCCCCCCCC/C=C\CCCCCCCC)(C(=O)OCCCCCCCCCCCCCCCCCCCC)C(O)(CCCCCCCC)CCCCCCCCCCC. The van der Waals surface area contributed by atoms with E-state index < -0.39 is 17.2 Å². The average molecular weight is 1250 g/mol. The van der Waals surface area contributed by atoms with Gasteiger partial charge < -0.3 is 14.6 Å². The Hall–Kier alpha value is -1.62. The number of hydrogen-bond donors (Lipinski definition) is 1. The molecule has 5 nitrogen and oxygen atoms in total. The van der Waals surface area contributed by atoms with Gasteiger partial charge in [0.1, 0.15) is 5.60 Å². The molecule has 0 aromatic carbocycles. The van der Waals surface area contributed by atoms with Crippen molar-refractivity contribution in [2.45, 2.75) is 495 Å². The van der Waals surface area contributed by atoms with E-state index in [1.807, 2.05) is 0 Å². The van der Waals surface area contributed by atoms with Crippen LogP contribution in [0.25, 0.3) is 0 Å². The van der Waals surface area contributed by atoms with Gasteiger partial charge in [-0.2, -0.15) is 0 Å². The molecule has 0 saturated carbocycles. The van der Waals surface area contributed by atoms with E-state index in [0.29, 0.717) is 32.3 Å². The molecule has 89 heavy (non-hydrogen) atoms. The van der Waals surface area contributed by atoms with E-state index in [1.54, 1.807) is 0 Å². The second-order valence-corrected chi connectivity index (χ2v) is 28.7. The van der Waals surface area contributed by atoms with Crippen LogP contribution in [-0.2, 0) is 19.1 Å². The number of aliphatic hydroxyl groups is 1. The maximum atomic E-state index is 15.3. The van der Waals surface area contributed by atoms with Gasteiger partial charge in [-0.05, 0) is 83.5 Å². The minimum absolute atomic E-state index is 0.292. The van der Waals surface area contributed by atoms with E-state index in [0.717, 1.165) is 96.3 Å². The number of ether oxygens (including phenoxy) is 2. The molecule has 0 aliphatic rings. The first kappa shape index (κ1) is 87.4. The van der Waals surface area contributed by atoms with Crippen molar-refractivity contribution in [3.8, 4) is 0 Å². The second kappa shape index (κ2) is 72.2. The average Bonchev–Trinajstić information content (AvgIpc) is 1.62. The molecule has 0 aromatic heterocycles. The standard InChI is InChI=1S/C84H162O5/c1-6-11-16-21-26-30-33-36-39-42-45-46-49-52-55-58-62-66-71-76-81(85)89-84(79-74-69-64-60-56-53-50-47-43-40-37-34-31-27-22-17-12-7-2,83(87,77-72-67-25-20-15-10-5)78-73-68-63-59-29-24-19-14-9-4)82(86)88-80-75-70-65-61-57-54-51-48-44-41-38-35-32-28-23-18-13-8-3/h36-37,39-40,87H,6-35,38,41-80H2,1-5H3/b39-36-,40-37-. The molecule has 0 saturated heterocycles. The molecule has 2 atom stereocenters. The van der Waals surface area contributed by atoms with Gasteiger partial charge in [0.25, 0.3) is 0 Å². The molecular formula is C84H162O5. The maximum Gasteiger partial charge on any atom is 0.353 e. The molecule has 528 valence electrons. The first-order valence-electron chi connectivity index (χ1n) is 41.3. The van der Waals surface area contributed by atoms with Crippen LogP contribution in [0, 0.1) is 0 Å². The fourth-order valence-electron chi connectivity index (χ4n) is 13.7. The summed E-state index contributed by atoms with van der Waals surface area (Å²) >= 11 is 0. The van der Waals surface area contributed by atoms with Crippen LogP contribution in [0.4, 0.5) is 0 Å². The number of esters is 2. The lowest BCUT2D eigenvalue weighted by Crippen LogP contribution is -2.62. The highest BCUT2D eigenvalue weighted by Crippen LogP contribution is 2.42. The molecule has 0 aromatic rings. The highest BCUT2D eigenvalue weighted by atomic mass is 16.6. The first-order valence-corrected chi connectivity index (χ1v) is 41.3. The summed E-state index contributed by atoms with van der Waals surface area (Å²) in [7, 11) is 0. The number of allylic oxidation sites excluding steroid dienone is 4. The molecule has 1 N–H and O–H groups in total. The van der Waals surface area contributed by atoms with E-state index in [-0.39, 0.29) is 5.97 Å². The highest BCUT2D eigenvalue weighted by Gasteiger charge is 2.59. The second-order valence-electron chi connectivity index (χ2n) is 28.7. The summed E-state index contributed by atoms with van der Waals surface area (Å²) in [6.45, 7) is 11.7. The summed E-state index contributed by atoms with van der Waals surface area (Å²) in [4.78, 5) is 29.7. The normalized spacial score (nSPS) is 13.3. The van der Waals surface area contributed by atoms with Gasteiger partial charge in [-0.3, -0.25) is 4.79 Å². The van der Waals surface area contributed by atoms with Gasteiger partial charge in [0.15, 0.2) is 0 Å². The molecule has 0 heterocycles. The van der Waals surface area contributed by atoms with E-state index in [4.69, 9.17) is 9.47 Å². The van der Waals surface area contributed by atoms with Crippen LogP contribution in [0.15, 0.2) is 24.3 Å². The lowest BCUT2D eigenvalue weighted by molar-refractivity contribution is -0.222. The third kappa shape index (κ3) is 58.7. The molecule has 0 amide bonds. The smallest absolute Gasteiger partial charge is 0.353 e. The summed E-state index contributed by atoms with van der Waals surface area (Å²) in [5.74, 6) is -0.783. The molecule has 0 spiro atoms. The summed E-state index contributed by atoms with van der Waals surface area (Å²) in [5.41, 5.74) is -3.15. The van der Waals surface area contributed by atoms with E-state index in [1.165, 1.54) is 327 Å². The van der Waals surface area contributed by atoms with Crippen molar-refractivity contribution in [2.24, 2.45) is 0 Å². The summed E-state index contributed by atoms with van der Waals surface area (Å²) in [5, 5.41) is 13.5. The van der Waals surface area contributed by atoms with Crippen LogP contribution in [0.2, 0.25) is 0 Å². The predicted octanol–water partition coefficient (Wildman–Crippen LogP) is 29.1. The van der Waals surface area contributed by atoms with Crippen molar-refractivity contribution in [1.29, 1.82) is 0 Å². The fourth-order valence-corrected chi connectivity index (χ4v) is 13.7. The van der Waals surface area contributed by atoms with Crippen LogP contribution in [0.3, 0.4) is 0 Å². The lowest BCUT2D eigenvalue weighted by Gasteiger charge is -2.45. The van der Waals surface area contributed by atoms with Crippen molar-refractivity contribution >= 4 is 11.9 Å². The Balaban J connectivity index is 5.90. The Morgan fingerprint density at radius 2 is 0.483 bits per heavy atom. The number of carbonyl (C=O) groups is 2. The van der Waals surface area contributed by atoms with Gasteiger partial charge in [-0.1, -0.05) is 412 Å². The topological polar surface area (TPSA) is 72.8 Å². The molecule has 0 rings (SSSR count). The minimum atomic E-state index is -1.69. The predicted molar refractivity (Wildman–Crippen MR) is 395 cm³/mol. The van der Waals surface area contributed by atoms with Crippen LogP contribution >= 0.6 is 0 Å². The van der Waals surface area contributed by atoms with E-state index >= 15 is 4.79 Å². The number of rotatable bonds is 76. The molecule has 0 aliphatic heterocycles. The molecule has 0 bridgehead atoms. The third-order valence-electron chi connectivity index (χ3n) is 19.9. The van der Waals surface area contributed by atoms with Crippen LogP contribution in [0.1, 0.15) is 484 Å². The Morgan fingerprint density at radius 1 is 0.270 bits per heavy atom. The zero-order chi connectivity index (χ0) is 64.6. The fraction of sp³-hybridized carbons (Fsp3) is 0.929. The quantitative estimate of drug-likeness (QED) is 0.0373. The Labute approximate surface area is 559 Å². The zero-order valence-corrected chi connectivity index (χ0v) is 61.6. The maximum absolute atomic E-state index is 15.3. The lowest BCUT2D eigenvalue weighted by atomic mass is 9.72. The number of unbranched alkanes of at least 4 members (excludes halogenated alkanes) is 59. The molecule has 2 unspecified atom stereocenters. The van der Waals surface area contributed by atoms with Gasteiger partial charge in [0, 0.05) is 12.8 Å². The monoisotopic (exact) mass is 1250 g/mol. The van der Waals surface area contributed by atoms with Crippen LogP contribution < -0.4 is 0 Å². The zero-order valence-electron chi connectivity index (χ0n) is 61.6. The summed E-state index contributed by atoms with van der Waals surface area (Å²) in [6.07, 6.45) is 93.1. The summed E-state index contributed by atoms with van der Waals surface area (Å²) < 4.78 is 13.2. The first-order chi connectivity index (χ1) is 43.9. The minimum Gasteiger partial charge on any atom is -0.463 e. The molecule has 0 fully saturated rings. The van der Waals surface area contributed by atoms with Crippen molar-refractivity contribution in [3.63, 3.8) is 0 Å². The Kier molecular flexibility index (Phi) is 70.9. The van der Waals surface area contributed by atoms with Gasteiger partial charge in [-0.25, -0.2) is 4.79 Å². The van der Waals surface area contributed by atoms with E-state index in [9.17, 15) is 9.90 Å². The Morgan fingerprint density at radius 3 is 0.753 bits per heavy atom. The number of carbonyl (C=O) groups excluding carboxylic acids is 2. The Bertz CT molecular complexity index is 1450. The largest absolute Gasteiger partial charge is 0.463 e. The van der Waals surface area contributed by atoms with Crippen molar-refractivity contribution in [3.05, 3.63) is 24.3 Å². The molecule has 5 heteroatoms. The number of hydrogen-bond acceptors (Lipinski definition) is 5. The van der Waals surface area contributed by atoms with Gasteiger partial charge >= 0.3 is 11.9 Å². The van der Waals surface area contributed by atoms with E-state index in [2.05, 4.69) is 58.9 Å². The van der Waals surface area contributed by atoms with Gasteiger partial charge in [0.05, 0.1) is 6.61 Å². The third-order valence-corrected chi connectivity index (χ3v) is 19.9. The highest BCUT2D eigenvalue weighted by molar-refractivity contribution is 5.85. The molecular weight excluding hydrogens is 1090 g/mol. The van der Waals surface area contributed by atoms with Crippen LogP contribution in [0.5, 0.6) is 0 Å². The van der Waals surface area contributed by atoms with Crippen molar-refractivity contribution < 1.29 is 24.2 Å². The van der Waals surface area contributed by atoms with Crippen molar-refractivity contribution in [2.75, 3.05) is 6.61 Å². The van der Waals surface area contributed by atoms with Gasteiger partial charge in [0.2, 0.25) is 5.60 Å².